The molecule has 0 saturated heterocycles. The molecule has 1 atom stereocenters. The molecule has 1 fully saturated rings. The van der Waals surface area contributed by atoms with Gasteiger partial charge in [0, 0.05) is 4.83 Å². The van der Waals surface area contributed by atoms with E-state index in [2.05, 4.69) is 47.1 Å². The van der Waals surface area contributed by atoms with Crippen molar-refractivity contribution in [2.45, 2.75) is 50.3 Å². The maximum atomic E-state index is 3.80. The minimum absolute atomic E-state index is 0.570. The highest BCUT2D eigenvalue weighted by Crippen LogP contribution is 2.41. The molecule has 2 rings (SSSR count). The second kappa shape index (κ2) is 5.86. The molecule has 0 aliphatic heterocycles. The third-order valence-corrected chi connectivity index (χ3v) is 4.30. The summed E-state index contributed by atoms with van der Waals surface area (Å²) in [5, 5.41) is 0. The first kappa shape index (κ1) is 12.2. The van der Waals surface area contributed by atoms with Gasteiger partial charge in [-0.15, -0.1) is 0 Å². The van der Waals surface area contributed by atoms with E-state index in [9.17, 15) is 0 Å². The molecule has 0 nitrogen and oxygen atoms in total. The highest BCUT2D eigenvalue weighted by Gasteiger charge is 2.24. The zero-order valence-corrected chi connectivity index (χ0v) is 11.7. The van der Waals surface area contributed by atoms with E-state index in [0.717, 1.165) is 5.92 Å². The maximum absolute atomic E-state index is 3.80. The highest BCUT2D eigenvalue weighted by atomic mass is 79.9. The lowest BCUT2D eigenvalue weighted by molar-refractivity contribution is 0.720. The Morgan fingerprint density at radius 1 is 1.25 bits per heavy atom. The van der Waals surface area contributed by atoms with Crippen molar-refractivity contribution in [3.63, 3.8) is 0 Å². The van der Waals surface area contributed by atoms with Crippen molar-refractivity contribution in [2.24, 2.45) is 5.92 Å². The lowest BCUT2D eigenvalue weighted by Gasteiger charge is -2.10. The van der Waals surface area contributed by atoms with Crippen LogP contribution in [0.1, 0.15) is 55.0 Å². The molecule has 0 aromatic heterocycles. The molecule has 1 aromatic carbocycles. The molecule has 0 heterocycles. The van der Waals surface area contributed by atoms with E-state index in [-0.39, 0.29) is 0 Å². The first-order valence-corrected chi connectivity index (χ1v) is 7.44. The predicted octanol–water partition coefficient (Wildman–Crippen LogP) is 5.27. The fraction of sp³-hybridized carbons (Fsp3) is 0.600. The van der Waals surface area contributed by atoms with Crippen molar-refractivity contribution in [1.82, 2.24) is 0 Å². The molecule has 0 amide bonds. The third kappa shape index (κ3) is 3.62. The van der Waals surface area contributed by atoms with E-state index in [0.29, 0.717) is 4.83 Å². The van der Waals surface area contributed by atoms with E-state index >= 15 is 0 Å². The summed E-state index contributed by atoms with van der Waals surface area (Å²) in [7, 11) is 0. The number of unbranched alkanes of at least 4 members (excludes halogenated alkanes) is 1. The summed E-state index contributed by atoms with van der Waals surface area (Å²) in [6.45, 7) is 2.25. The van der Waals surface area contributed by atoms with Gasteiger partial charge < -0.3 is 0 Å². The van der Waals surface area contributed by atoms with Gasteiger partial charge in [-0.05, 0) is 36.3 Å². The van der Waals surface area contributed by atoms with Crippen molar-refractivity contribution in [3.8, 4) is 0 Å². The van der Waals surface area contributed by atoms with Gasteiger partial charge in [0.05, 0.1) is 0 Å². The van der Waals surface area contributed by atoms with Crippen LogP contribution in [0.4, 0.5) is 0 Å². The second-order valence-corrected chi connectivity index (χ2v) is 6.10. The van der Waals surface area contributed by atoms with Gasteiger partial charge in [-0.25, -0.2) is 0 Å². The zero-order valence-electron chi connectivity index (χ0n) is 10.1. The van der Waals surface area contributed by atoms with Crippen LogP contribution < -0.4 is 0 Å². The maximum Gasteiger partial charge on any atom is 0.0397 e. The van der Waals surface area contributed by atoms with Crippen LogP contribution in [0.2, 0.25) is 0 Å². The zero-order chi connectivity index (χ0) is 11.4. The van der Waals surface area contributed by atoms with Crippen LogP contribution in [0.5, 0.6) is 0 Å². The molecule has 16 heavy (non-hydrogen) atoms. The number of aryl methyl sites for hydroxylation is 1. The largest absolute Gasteiger partial charge is 0.0839 e. The van der Waals surface area contributed by atoms with Gasteiger partial charge in [0.1, 0.15) is 0 Å². The summed E-state index contributed by atoms with van der Waals surface area (Å²) in [5.41, 5.74) is 2.93. The monoisotopic (exact) mass is 280 g/mol. The molecule has 0 spiro atoms. The fourth-order valence-corrected chi connectivity index (χ4v) is 2.89. The van der Waals surface area contributed by atoms with Gasteiger partial charge in [-0.2, -0.15) is 0 Å². The molecule has 1 aliphatic carbocycles. The van der Waals surface area contributed by atoms with Gasteiger partial charge in [0.15, 0.2) is 0 Å². The van der Waals surface area contributed by atoms with E-state index in [4.69, 9.17) is 0 Å². The summed E-state index contributed by atoms with van der Waals surface area (Å²) in [6, 6.07) is 9.19. The Morgan fingerprint density at radius 2 is 1.94 bits per heavy atom. The molecule has 0 radical (unpaired) electrons. The number of hydrogen-bond donors (Lipinski definition) is 0. The summed E-state index contributed by atoms with van der Waals surface area (Å²) in [6.07, 6.45) is 8.01. The van der Waals surface area contributed by atoms with Crippen LogP contribution in [0.25, 0.3) is 0 Å². The molecule has 1 aliphatic rings. The van der Waals surface area contributed by atoms with Crippen LogP contribution in [-0.4, -0.2) is 0 Å². The Kier molecular flexibility index (Phi) is 4.45. The van der Waals surface area contributed by atoms with Gasteiger partial charge in [0.25, 0.3) is 0 Å². The Labute approximate surface area is 108 Å². The molecule has 0 N–H and O–H groups in total. The van der Waals surface area contributed by atoms with Crippen molar-refractivity contribution in [3.05, 3.63) is 35.4 Å². The molecular weight excluding hydrogens is 260 g/mol. The van der Waals surface area contributed by atoms with Gasteiger partial charge in [-0.3, -0.25) is 0 Å². The molecule has 1 unspecified atom stereocenters. The number of rotatable bonds is 6. The van der Waals surface area contributed by atoms with Crippen molar-refractivity contribution >= 4 is 15.9 Å². The van der Waals surface area contributed by atoms with Crippen LogP contribution in [0, 0.1) is 5.92 Å². The number of hydrogen-bond acceptors (Lipinski definition) is 0. The molecular formula is C15H21Br. The summed E-state index contributed by atoms with van der Waals surface area (Å²) in [5.74, 6) is 0.990. The smallest absolute Gasteiger partial charge is 0.0397 e. The number of alkyl halides is 1. The Hall–Kier alpha value is -0.300. The first-order valence-electron chi connectivity index (χ1n) is 6.52. The van der Waals surface area contributed by atoms with E-state index in [1.165, 1.54) is 49.7 Å². The van der Waals surface area contributed by atoms with Crippen LogP contribution in [0.15, 0.2) is 24.3 Å². The van der Waals surface area contributed by atoms with Crippen LogP contribution in [-0.2, 0) is 6.42 Å². The number of benzene rings is 1. The molecule has 1 aromatic rings. The minimum atomic E-state index is 0.570. The van der Waals surface area contributed by atoms with Crippen LogP contribution in [0.3, 0.4) is 0 Å². The van der Waals surface area contributed by atoms with Crippen LogP contribution >= 0.6 is 15.9 Å². The van der Waals surface area contributed by atoms with E-state index in [1.807, 2.05) is 0 Å². The normalized spacial score (nSPS) is 17.4. The number of halogens is 1. The highest BCUT2D eigenvalue weighted by molar-refractivity contribution is 9.09. The van der Waals surface area contributed by atoms with E-state index < -0.39 is 0 Å². The predicted molar refractivity (Wildman–Crippen MR) is 74.1 cm³/mol. The fourth-order valence-electron chi connectivity index (χ4n) is 2.06. The molecule has 1 heteroatoms. The van der Waals surface area contributed by atoms with Crippen molar-refractivity contribution in [2.75, 3.05) is 0 Å². The third-order valence-electron chi connectivity index (χ3n) is 3.40. The standard InChI is InChI=1S/C15H21Br/c1-2-3-4-12-7-9-14(10-8-12)15(16)11-13-5-6-13/h7-10,13,15H,2-6,11H2,1H3. The average Bonchev–Trinajstić information content (AvgIpc) is 3.11. The Bertz CT molecular complexity index is 311. The topological polar surface area (TPSA) is 0 Å². The lowest BCUT2D eigenvalue weighted by Crippen LogP contribution is -1.92. The SMILES string of the molecule is CCCCc1ccc(C(Br)CC2CC2)cc1. The Morgan fingerprint density at radius 3 is 2.50 bits per heavy atom. The molecule has 0 bridgehead atoms. The van der Waals surface area contributed by atoms with Gasteiger partial charge in [-0.1, -0.05) is 66.4 Å². The van der Waals surface area contributed by atoms with Crippen molar-refractivity contribution < 1.29 is 0 Å². The molecule has 88 valence electrons. The van der Waals surface area contributed by atoms with Gasteiger partial charge in [0.2, 0.25) is 0 Å². The quantitative estimate of drug-likeness (QED) is 0.623. The first-order chi connectivity index (χ1) is 7.79. The lowest BCUT2D eigenvalue weighted by atomic mass is 10.0. The Balaban J connectivity index is 1.89. The van der Waals surface area contributed by atoms with E-state index in [1.54, 1.807) is 0 Å². The van der Waals surface area contributed by atoms with Crippen molar-refractivity contribution in [1.29, 1.82) is 0 Å². The summed E-state index contributed by atoms with van der Waals surface area (Å²) >= 11 is 3.80. The second-order valence-electron chi connectivity index (χ2n) is 4.99. The minimum Gasteiger partial charge on any atom is -0.0839 e. The average molecular weight is 281 g/mol. The summed E-state index contributed by atoms with van der Waals surface area (Å²) < 4.78 is 0. The molecule has 1 saturated carbocycles. The van der Waals surface area contributed by atoms with Gasteiger partial charge >= 0.3 is 0 Å². The summed E-state index contributed by atoms with van der Waals surface area (Å²) in [4.78, 5) is 0.570.